The average Bonchev–Trinajstić information content (AvgIpc) is 3.13. The molecular weight excluding hydrogens is 346 g/mol. The molecule has 3 aromatic carbocycles. The lowest BCUT2D eigenvalue weighted by Crippen LogP contribution is -2.08. The molecule has 1 aromatic heterocycles. The third-order valence-corrected chi connectivity index (χ3v) is 7.38. The molecule has 1 aliphatic carbocycles. The average molecular weight is 372 g/mol. The zero-order valence-electron chi connectivity index (χ0n) is 15.8. The van der Waals surface area contributed by atoms with Gasteiger partial charge >= 0.3 is 0 Å². The second kappa shape index (κ2) is 7.01. The minimum absolute atomic E-state index is 0.741. The number of para-hydroxylation sites is 1. The van der Waals surface area contributed by atoms with Crippen molar-refractivity contribution in [3.8, 4) is 0 Å². The Morgan fingerprint density at radius 1 is 0.741 bits per heavy atom. The molecule has 4 aromatic rings. The number of benzene rings is 3. The van der Waals surface area contributed by atoms with Crippen LogP contribution < -0.4 is 4.90 Å². The highest BCUT2D eigenvalue weighted by molar-refractivity contribution is 7.26. The number of hydrogen-bond acceptors (Lipinski definition) is 2. The topological polar surface area (TPSA) is 3.24 Å². The summed E-state index contributed by atoms with van der Waals surface area (Å²) in [7, 11) is 2.18. The van der Waals surface area contributed by atoms with Gasteiger partial charge in [0.15, 0.2) is 0 Å². The first-order valence-electron chi connectivity index (χ1n) is 10.1. The maximum atomic E-state index is 2.38. The zero-order chi connectivity index (χ0) is 18.2. The molecule has 0 aliphatic heterocycles. The number of anilines is 2. The van der Waals surface area contributed by atoms with Crippen LogP contribution in [0.5, 0.6) is 0 Å². The van der Waals surface area contributed by atoms with Gasteiger partial charge in [-0.05, 0) is 42.5 Å². The Morgan fingerprint density at radius 3 is 2.22 bits per heavy atom. The molecule has 0 saturated heterocycles. The van der Waals surface area contributed by atoms with Gasteiger partial charge in [0, 0.05) is 28.2 Å². The Labute approximate surface area is 165 Å². The minimum atomic E-state index is 0.741. The van der Waals surface area contributed by atoms with Crippen molar-refractivity contribution in [2.45, 2.75) is 38.0 Å². The first-order chi connectivity index (χ1) is 13.3. The molecule has 1 aliphatic rings. The van der Waals surface area contributed by atoms with Crippen molar-refractivity contribution >= 4 is 42.9 Å². The molecule has 0 bridgehead atoms. The lowest BCUT2D eigenvalue weighted by molar-refractivity contribution is 0.446. The van der Waals surface area contributed by atoms with Crippen molar-refractivity contribution in [3.05, 3.63) is 72.3 Å². The summed E-state index contributed by atoms with van der Waals surface area (Å²) in [5.41, 5.74) is 4.12. The summed E-state index contributed by atoms with van der Waals surface area (Å²) in [4.78, 5) is 2.32. The Morgan fingerprint density at radius 2 is 1.44 bits per heavy atom. The molecule has 5 rings (SSSR count). The number of thiophene rings is 1. The summed E-state index contributed by atoms with van der Waals surface area (Å²) in [6.07, 6.45) is 6.88. The molecule has 27 heavy (non-hydrogen) atoms. The summed E-state index contributed by atoms with van der Waals surface area (Å²) in [6.45, 7) is 0. The zero-order valence-corrected chi connectivity index (χ0v) is 16.6. The summed E-state index contributed by atoms with van der Waals surface area (Å²) in [6, 6.07) is 24.4. The van der Waals surface area contributed by atoms with Crippen LogP contribution in [0.25, 0.3) is 20.2 Å². The SMILES string of the molecule is CN(c1ccccc1)c1cccc2c1sc1c(C3CCCCC3)cccc12. The van der Waals surface area contributed by atoms with E-state index in [2.05, 4.69) is 78.7 Å². The van der Waals surface area contributed by atoms with Crippen molar-refractivity contribution in [1.82, 2.24) is 0 Å². The van der Waals surface area contributed by atoms with E-state index >= 15 is 0 Å². The summed E-state index contributed by atoms with van der Waals surface area (Å²) in [5.74, 6) is 0.741. The lowest BCUT2D eigenvalue weighted by Gasteiger charge is -2.22. The maximum absolute atomic E-state index is 2.38. The van der Waals surface area contributed by atoms with Crippen LogP contribution in [0.15, 0.2) is 66.7 Å². The van der Waals surface area contributed by atoms with E-state index < -0.39 is 0 Å². The normalized spacial score (nSPS) is 15.4. The summed E-state index contributed by atoms with van der Waals surface area (Å²) < 4.78 is 2.91. The molecule has 0 atom stereocenters. The van der Waals surface area contributed by atoms with Crippen LogP contribution in [0.3, 0.4) is 0 Å². The fourth-order valence-corrected chi connectivity index (χ4v) is 6.06. The predicted molar refractivity (Wildman–Crippen MR) is 120 cm³/mol. The van der Waals surface area contributed by atoms with Crippen molar-refractivity contribution < 1.29 is 0 Å². The molecule has 136 valence electrons. The third kappa shape index (κ3) is 2.93. The maximum Gasteiger partial charge on any atom is 0.0592 e. The van der Waals surface area contributed by atoms with Crippen LogP contribution >= 0.6 is 11.3 Å². The van der Waals surface area contributed by atoms with Crippen LogP contribution in [0, 0.1) is 0 Å². The lowest BCUT2D eigenvalue weighted by atomic mass is 9.84. The second-order valence-corrected chi connectivity index (χ2v) is 8.73. The van der Waals surface area contributed by atoms with Crippen molar-refractivity contribution in [3.63, 3.8) is 0 Å². The number of nitrogens with zero attached hydrogens (tertiary/aromatic N) is 1. The fourth-order valence-electron chi connectivity index (χ4n) is 4.62. The van der Waals surface area contributed by atoms with E-state index in [0.717, 1.165) is 5.92 Å². The Kier molecular flexibility index (Phi) is 4.37. The molecular formula is C25H25NS. The van der Waals surface area contributed by atoms with Gasteiger partial charge < -0.3 is 4.90 Å². The third-order valence-electron chi connectivity index (χ3n) is 6.08. The number of hydrogen-bond donors (Lipinski definition) is 0. The molecule has 1 fully saturated rings. The van der Waals surface area contributed by atoms with Gasteiger partial charge in [0.1, 0.15) is 0 Å². The van der Waals surface area contributed by atoms with Crippen LogP contribution in [0.4, 0.5) is 11.4 Å². The molecule has 0 spiro atoms. The standard InChI is InChI=1S/C25H25NS/c1-26(19-12-6-3-7-13-19)23-17-9-16-22-21-15-8-14-20(24(21)27-25(22)23)18-10-4-2-5-11-18/h3,6-9,12-18H,2,4-5,10-11H2,1H3. The molecule has 2 heteroatoms. The molecule has 0 amide bonds. The van der Waals surface area contributed by atoms with Crippen LogP contribution in [0.2, 0.25) is 0 Å². The van der Waals surface area contributed by atoms with Crippen LogP contribution in [-0.2, 0) is 0 Å². The van der Waals surface area contributed by atoms with Gasteiger partial charge in [0.25, 0.3) is 0 Å². The molecule has 1 saturated carbocycles. The fraction of sp³-hybridized carbons (Fsp3) is 0.280. The first kappa shape index (κ1) is 16.8. The van der Waals surface area contributed by atoms with Gasteiger partial charge in [-0.3, -0.25) is 0 Å². The van der Waals surface area contributed by atoms with E-state index in [1.165, 1.54) is 63.7 Å². The summed E-state index contributed by atoms with van der Waals surface area (Å²) in [5, 5.41) is 2.83. The van der Waals surface area contributed by atoms with Gasteiger partial charge in [-0.2, -0.15) is 0 Å². The van der Waals surface area contributed by atoms with Gasteiger partial charge in [0.05, 0.1) is 10.4 Å². The van der Waals surface area contributed by atoms with Gasteiger partial charge in [-0.15, -0.1) is 11.3 Å². The second-order valence-electron chi connectivity index (χ2n) is 7.71. The van der Waals surface area contributed by atoms with E-state index in [4.69, 9.17) is 0 Å². The van der Waals surface area contributed by atoms with Crippen molar-refractivity contribution in [2.24, 2.45) is 0 Å². The van der Waals surface area contributed by atoms with Gasteiger partial charge in [-0.1, -0.05) is 67.8 Å². The molecule has 0 radical (unpaired) electrons. The van der Waals surface area contributed by atoms with Crippen LogP contribution in [-0.4, -0.2) is 7.05 Å². The largest absolute Gasteiger partial charge is 0.343 e. The highest BCUT2D eigenvalue weighted by Crippen LogP contribution is 2.45. The highest BCUT2D eigenvalue weighted by atomic mass is 32.1. The number of fused-ring (bicyclic) bond motifs is 3. The molecule has 1 nitrogen and oxygen atoms in total. The monoisotopic (exact) mass is 371 g/mol. The van der Waals surface area contributed by atoms with E-state index in [-0.39, 0.29) is 0 Å². The Bertz CT molecular complexity index is 1070. The van der Waals surface area contributed by atoms with E-state index in [1.54, 1.807) is 5.56 Å². The smallest absolute Gasteiger partial charge is 0.0592 e. The van der Waals surface area contributed by atoms with E-state index in [0.29, 0.717) is 0 Å². The van der Waals surface area contributed by atoms with Gasteiger partial charge in [-0.25, -0.2) is 0 Å². The number of rotatable bonds is 3. The molecule has 0 N–H and O–H groups in total. The predicted octanol–water partition coefficient (Wildman–Crippen LogP) is 7.87. The first-order valence-corrected chi connectivity index (χ1v) is 10.9. The highest BCUT2D eigenvalue weighted by Gasteiger charge is 2.20. The van der Waals surface area contributed by atoms with E-state index in [9.17, 15) is 0 Å². The minimum Gasteiger partial charge on any atom is -0.343 e. The Balaban J connectivity index is 1.69. The van der Waals surface area contributed by atoms with Gasteiger partial charge in [0.2, 0.25) is 0 Å². The van der Waals surface area contributed by atoms with Crippen molar-refractivity contribution in [1.29, 1.82) is 0 Å². The Hall–Kier alpha value is -2.32. The molecule has 0 unspecified atom stereocenters. The van der Waals surface area contributed by atoms with Crippen LogP contribution in [0.1, 0.15) is 43.6 Å². The van der Waals surface area contributed by atoms with E-state index in [1.807, 2.05) is 11.3 Å². The quantitative estimate of drug-likeness (QED) is 0.354. The molecule has 1 heterocycles. The van der Waals surface area contributed by atoms with Crippen molar-refractivity contribution in [2.75, 3.05) is 11.9 Å². The summed E-state index contributed by atoms with van der Waals surface area (Å²) >= 11 is 1.99.